The van der Waals surface area contributed by atoms with Crippen LogP contribution in [-0.2, 0) is 9.53 Å². The number of hydrogen-bond donors (Lipinski definition) is 2. The van der Waals surface area contributed by atoms with Crippen LogP contribution in [0.5, 0.6) is 0 Å². The first kappa shape index (κ1) is 15.8. The molecule has 116 valence electrons. The van der Waals surface area contributed by atoms with Gasteiger partial charge in [0, 0.05) is 13.0 Å². The molecule has 4 nitrogen and oxygen atoms in total. The second-order valence-corrected chi connectivity index (χ2v) is 6.00. The molecular weight excluding hydrogens is 264 g/mol. The number of nitrogens with two attached hydrogens (primary N) is 1. The number of nitrogens with one attached hydrogen (secondary N) is 1. The molecule has 1 aliphatic rings. The van der Waals surface area contributed by atoms with E-state index in [1.807, 2.05) is 18.2 Å². The fraction of sp³-hybridized carbons (Fsp3) is 0.588. The van der Waals surface area contributed by atoms with Gasteiger partial charge in [0.05, 0.1) is 17.5 Å². The molecule has 0 aromatic heterocycles. The maximum absolute atomic E-state index is 11.8. The molecular formula is C17H26N2O2. The second kappa shape index (κ2) is 8.03. The first-order chi connectivity index (χ1) is 10.1. The molecule has 0 spiro atoms. The van der Waals surface area contributed by atoms with Crippen LogP contribution >= 0.6 is 0 Å². The van der Waals surface area contributed by atoms with Gasteiger partial charge in [-0.25, -0.2) is 0 Å². The SMILES string of the molecule is CC1CCCC(OCCCC(=O)Nc2ccccc2N)C1. The number of ether oxygens (including phenoxy) is 1. The smallest absolute Gasteiger partial charge is 0.224 e. The van der Waals surface area contributed by atoms with Gasteiger partial charge >= 0.3 is 0 Å². The van der Waals surface area contributed by atoms with Gasteiger partial charge in [-0.3, -0.25) is 4.79 Å². The fourth-order valence-corrected chi connectivity index (χ4v) is 2.84. The van der Waals surface area contributed by atoms with Gasteiger partial charge in [-0.2, -0.15) is 0 Å². The predicted octanol–water partition coefficient (Wildman–Crippen LogP) is 3.58. The Morgan fingerprint density at radius 2 is 2.19 bits per heavy atom. The summed E-state index contributed by atoms with van der Waals surface area (Å²) in [6, 6.07) is 7.30. The summed E-state index contributed by atoms with van der Waals surface area (Å²) in [5.74, 6) is 0.765. The van der Waals surface area contributed by atoms with Gasteiger partial charge in [0.1, 0.15) is 0 Å². The minimum Gasteiger partial charge on any atom is -0.397 e. The highest BCUT2D eigenvalue weighted by Gasteiger charge is 2.19. The summed E-state index contributed by atoms with van der Waals surface area (Å²) in [6.45, 7) is 2.95. The molecule has 1 aromatic rings. The van der Waals surface area contributed by atoms with Crippen molar-refractivity contribution in [1.82, 2.24) is 0 Å². The number of amides is 1. The van der Waals surface area contributed by atoms with Crippen LogP contribution in [0, 0.1) is 5.92 Å². The fourth-order valence-electron chi connectivity index (χ4n) is 2.84. The predicted molar refractivity (Wildman–Crippen MR) is 86.1 cm³/mol. The van der Waals surface area contributed by atoms with E-state index in [0.717, 1.165) is 25.2 Å². The van der Waals surface area contributed by atoms with Gasteiger partial charge < -0.3 is 15.8 Å². The Bertz CT molecular complexity index is 462. The highest BCUT2D eigenvalue weighted by atomic mass is 16.5. The zero-order valence-corrected chi connectivity index (χ0v) is 12.8. The summed E-state index contributed by atoms with van der Waals surface area (Å²) in [5.41, 5.74) is 7.08. The van der Waals surface area contributed by atoms with Crippen LogP contribution in [0.4, 0.5) is 11.4 Å². The van der Waals surface area contributed by atoms with Crippen LogP contribution < -0.4 is 11.1 Å². The molecule has 2 rings (SSSR count). The highest BCUT2D eigenvalue weighted by Crippen LogP contribution is 2.25. The summed E-state index contributed by atoms with van der Waals surface area (Å²) < 4.78 is 5.87. The molecule has 0 bridgehead atoms. The first-order valence-corrected chi connectivity index (χ1v) is 7.91. The Hall–Kier alpha value is -1.55. The van der Waals surface area contributed by atoms with E-state index in [2.05, 4.69) is 12.2 Å². The van der Waals surface area contributed by atoms with Crippen molar-refractivity contribution in [1.29, 1.82) is 0 Å². The van der Waals surface area contributed by atoms with Gasteiger partial charge in [-0.05, 0) is 37.3 Å². The van der Waals surface area contributed by atoms with Gasteiger partial charge in [-0.15, -0.1) is 0 Å². The van der Waals surface area contributed by atoms with Gasteiger partial charge in [0.2, 0.25) is 5.91 Å². The number of hydrogen-bond acceptors (Lipinski definition) is 3. The van der Waals surface area contributed by atoms with Crippen molar-refractivity contribution in [2.75, 3.05) is 17.7 Å². The number of carbonyl (C=O) groups is 1. The van der Waals surface area contributed by atoms with E-state index in [0.29, 0.717) is 30.5 Å². The van der Waals surface area contributed by atoms with Crippen LogP contribution in [0.2, 0.25) is 0 Å². The van der Waals surface area contributed by atoms with E-state index in [1.165, 1.54) is 12.8 Å². The Morgan fingerprint density at radius 3 is 2.95 bits per heavy atom. The number of benzene rings is 1. The van der Waals surface area contributed by atoms with E-state index in [9.17, 15) is 4.79 Å². The highest BCUT2D eigenvalue weighted by molar-refractivity contribution is 5.93. The van der Waals surface area contributed by atoms with Crippen molar-refractivity contribution in [3.05, 3.63) is 24.3 Å². The van der Waals surface area contributed by atoms with Crippen LogP contribution in [0.25, 0.3) is 0 Å². The van der Waals surface area contributed by atoms with E-state index >= 15 is 0 Å². The molecule has 0 radical (unpaired) electrons. The molecule has 4 heteroatoms. The van der Waals surface area contributed by atoms with Crippen molar-refractivity contribution in [2.45, 2.75) is 51.6 Å². The lowest BCUT2D eigenvalue weighted by Gasteiger charge is -2.26. The van der Waals surface area contributed by atoms with E-state index < -0.39 is 0 Å². The number of para-hydroxylation sites is 2. The molecule has 3 N–H and O–H groups in total. The Morgan fingerprint density at radius 1 is 1.38 bits per heavy atom. The van der Waals surface area contributed by atoms with Crippen LogP contribution in [0.15, 0.2) is 24.3 Å². The third-order valence-corrected chi connectivity index (χ3v) is 4.02. The molecule has 21 heavy (non-hydrogen) atoms. The number of nitrogen functional groups attached to an aromatic ring is 1. The topological polar surface area (TPSA) is 64.3 Å². The minimum atomic E-state index is -0.00601. The summed E-state index contributed by atoms with van der Waals surface area (Å²) in [6.07, 6.45) is 6.52. The van der Waals surface area contributed by atoms with E-state index in [1.54, 1.807) is 6.07 Å². The molecule has 1 fully saturated rings. The molecule has 0 heterocycles. The first-order valence-electron chi connectivity index (χ1n) is 7.91. The monoisotopic (exact) mass is 290 g/mol. The van der Waals surface area contributed by atoms with Crippen LogP contribution in [-0.4, -0.2) is 18.6 Å². The summed E-state index contributed by atoms with van der Waals surface area (Å²) >= 11 is 0. The standard InChI is InChI=1S/C17H26N2O2/c1-13-6-4-7-14(12-13)21-11-5-10-17(20)19-16-9-3-2-8-15(16)18/h2-3,8-9,13-14H,4-7,10-12,18H2,1H3,(H,19,20). The normalized spacial score (nSPS) is 22.0. The third-order valence-electron chi connectivity index (χ3n) is 4.02. The van der Waals surface area contributed by atoms with Crippen LogP contribution in [0.1, 0.15) is 45.4 Å². The average molecular weight is 290 g/mol. The Balaban J connectivity index is 1.62. The second-order valence-electron chi connectivity index (χ2n) is 6.00. The van der Waals surface area contributed by atoms with E-state index in [4.69, 9.17) is 10.5 Å². The zero-order chi connectivity index (χ0) is 15.1. The Kier molecular flexibility index (Phi) is 6.05. The van der Waals surface area contributed by atoms with Crippen molar-refractivity contribution in [3.63, 3.8) is 0 Å². The maximum atomic E-state index is 11.8. The molecule has 0 saturated heterocycles. The molecule has 0 aliphatic heterocycles. The van der Waals surface area contributed by atoms with Gasteiger partial charge in [0.15, 0.2) is 0 Å². The summed E-state index contributed by atoms with van der Waals surface area (Å²) in [7, 11) is 0. The lowest BCUT2D eigenvalue weighted by Crippen LogP contribution is -2.22. The Labute approximate surface area is 127 Å². The molecule has 1 aromatic carbocycles. The largest absolute Gasteiger partial charge is 0.397 e. The summed E-state index contributed by atoms with van der Waals surface area (Å²) in [4.78, 5) is 11.8. The quantitative estimate of drug-likeness (QED) is 0.621. The van der Waals surface area contributed by atoms with Crippen molar-refractivity contribution >= 4 is 17.3 Å². The number of anilines is 2. The third kappa shape index (κ3) is 5.38. The van der Waals surface area contributed by atoms with Gasteiger partial charge in [-0.1, -0.05) is 31.9 Å². The van der Waals surface area contributed by atoms with Crippen LogP contribution in [0.3, 0.4) is 0 Å². The van der Waals surface area contributed by atoms with E-state index in [-0.39, 0.29) is 5.91 Å². The molecule has 1 amide bonds. The van der Waals surface area contributed by atoms with Crippen molar-refractivity contribution < 1.29 is 9.53 Å². The number of rotatable bonds is 6. The molecule has 1 saturated carbocycles. The van der Waals surface area contributed by atoms with Gasteiger partial charge in [0.25, 0.3) is 0 Å². The molecule has 2 unspecified atom stereocenters. The molecule has 2 atom stereocenters. The lowest BCUT2D eigenvalue weighted by molar-refractivity contribution is -0.116. The maximum Gasteiger partial charge on any atom is 0.224 e. The van der Waals surface area contributed by atoms with Crippen molar-refractivity contribution in [3.8, 4) is 0 Å². The summed E-state index contributed by atoms with van der Waals surface area (Å²) in [5, 5.41) is 2.84. The van der Waals surface area contributed by atoms with Crippen molar-refractivity contribution in [2.24, 2.45) is 5.92 Å². The number of carbonyl (C=O) groups excluding carboxylic acids is 1. The average Bonchev–Trinajstić information content (AvgIpc) is 2.46. The minimum absolute atomic E-state index is 0.00601. The zero-order valence-electron chi connectivity index (χ0n) is 12.8. The molecule has 1 aliphatic carbocycles. The lowest BCUT2D eigenvalue weighted by atomic mass is 9.89.